The minimum Gasteiger partial charge on any atom is -0.490 e. The number of anilines is 2. The molecule has 25 heavy (non-hydrogen) atoms. The molecule has 7 nitrogen and oxygen atoms in total. The lowest BCUT2D eigenvalue weighted by Crippen LogP contribution is -2.18. The number of nitrogens with one attached hydrogen (secondary N) is 3. The van der Waals surface area contributed by atoms with E-state index in [0.717, 1.165) is 23.5 Å². The van der Waals surface area contributed by atoms with Gasteiger partial charge in [-0.15, -0.1) is 0 Å². The maximum Gasteiger partial charge on any atom is 0.451 e. The van der Waals surface area contributed by atoms with E-state index in [0.29, 0.717) is 12.1 Å². The number of hydrogen-bond acceptors (Lipinski definition) is 6. The molecule has 130 valence electrons. The van der Waals surface area contributed by atoms with Crippen LogP contribution in [0.15, 0.2) is 24.5 Å². The van der Waals surface area contributed by atoms with E-state index >= 15 is 0 Å². The zero-order valence-corrected chi connectivity index (χ0v) is 12.8. The minimum atomic E-state index is -4.64. The second-order valence-electron chi connectivity index (χ2n) is 5.45. The Labute approximate surface area is 139 Å². The standard InChI is InChI=1S/C15H13F3N6O/c16-15(17,18)14-23-12(11-13(24-14)22-7-21-11)20-6-8-1-2-9-10(5-8)25-4-3-19-9/h1-2,5,7,19H,3-4,6H2,(H2,20,21,22,23,24). The van der Waals surface area contributed by atoms with Gasteiger partial charge in [-0.3, -0.25) is 0 Å². The molecule has 1 aliphatic heterocycles. The van der Waals surface area contributed by atoms with Gasteiger partial charge in [0.25, 0.3) is 0 Å². The van der Waals surface area contributed by atoms with Crippen LogP contribution in [0.5, 0.6) is 5.75 Å². The highest BCUT2D eigenvalue weighted by molar-refractivity contribution is 5.82. The van der Waals surface area contributed by atoms with Crippen LogP contribution < -0.4 is 15.4 Å². The van der Waals surface area contributed by atoms with Crippen LogP contribution in [0.4, 0.5) is 24.7 Å². The number of aromatic nitrogens is 4. The highest BCUT2D eigenvalue weighted by atomic mass is 19.4. The first kappa shape index (κ1) is 15.5. The zero-order valence-electron chi connectivity index (χ0n) is 12.8. The molecule has 3 N–H and O–H groups in total. The van der Waals surface area contributed by atoms with Crippen LogP contribution in [-0.2, 0) is 12.7 Å². The fourth-order valence-corrected chi connectivity index (χ4v) is 2.56. The third-order valence-corrected chi connectivity index (χ3v) is 3.72. The summed E-state index contributed by atoms with van der Waals surface area (Å²) in [6, 6.07) is 5.58. The van der Waals surface area contributed by atoms with Crippen molar-refractivity contribution >= 4 is 22.7 Å². The topological polar surface area (TPSA) is 87.8 Å². The summed E-state index contributed by atoms with van der Waals surface area (Å²) >= 11 is 0. The van der Waals surface area contributed by atoms with Gasteiger partial charge in [0.1, 0.15) is 17.9 Å². The molecular formula is C15H13F3N6O. The number of hydrogen-bond donors (Lipinski definition) is 3. The van der Waals surface area contributed by atoms with Gasteiger partial charge >= 0.3 is 6.18 Å². The van der Waals surface area contributed by atoms with Crippen molar-refractivity contribution < 1.29 is 17.9 Å². The predicted molar refractivity (Wildman–Crippen MR) is 84.4 cm³/mol. The molecule has 1 aromatic carbocycles. The van der Waals surface area contributed by atoms with E-state index in [2.05, 4.69) is 30.6 Å². The Hall–Kier alpha value is -3.04. The molecule has 0 saturated carbocycles. The molecule has 0 amide bonds. The number of ether oxygens (including phenoxy) is 1. The molecule has 0 atom stereocenters. The van der Waals surface area contributed by atoms with Gasteiger partial charge < -0.3 is 20.4 Å². The molecule has 1 aliphatic rings. The number of imidazole rings is 1. The minimum absolute atomic E-state index is 0.0391. The van der Waals surface area contributed by atoms with Gasteiger partial charge in [-0.1, -0.05) is 6.07 Å². The third kappa shape index (κ3) is 3.02. The van der Waals surface area contributed by atoms with Crippen molar-refractivity contribution in [2.75, 3.05) is 23.8 Å². The Morgan fingerprint density at radius 3 is 2.96 bits per heavy atom. The maximum atomic E-state index is 12.9. The van der Waals surface area contributed by atoms with Gasteiger partial charge in [0.15, 0.2) is 11.5 Å². The number of H-pyrrole nitrogens is 1. The van der Waals surface area contributed by atoms with Crippen LogP contribution in [0.25, 0.3) is 11.2 Å². The van der Waals surface area contributed by atoms with E-state index < -0.39 is 12.0 Å². The van der Waals surface area contributed by atoms with Crippen molar-refractivity contribution in [2.24, 2.45) is 0 Å². The Balaban J connectivity index is 1.61. The Bertz CT molecular complexity index is 923. The third-order valence-electron chi connectivity index (χ3n) is 3.72. The molecule has 3 aromatic rings. The first-order valence-electron chi connectivity index (χ1n) is 7.52. The smallest absolute Gasteiger partial charge is 0.451 e. The number of fused-ring (bicyclic) bond motifs is 2. The lowest BCUT2D eigenvalue weighted by molar-refractivity contribution is -0.144. The van der Waals surface area contributed by atoms with E-state index in [-0.39, 0.29) is 18.0 Å². The first-order valence-corrected chi connectivity index (χ1v) is 7.52. The lowest BCUT2D eigenvalue weighted by atomic mass is 10.1. The molecule has 3 heterocycles. The monoisotopic (exact) mass is 350 g/mol. The number of benzene rings is 1. The molecule has 0 unspecified atom stereocenters. The van der Waals surface area contributed by atoms with E-state index in [1.165, 1.54) is 6.33 Å². The molecule has 10 heteroatoms. The summed E-state index contributed by atoms with van der Waals surface area (Å²) in [6.45, 7) is 1.59. The average molecular weight is 350 g/mol. The fraction of sp³-hybridized carbons (Fsp3) is 0.267. The van der Waals surface area contributed by atoms with Crippen molar-refractivity contribution in [3.05, 3.63) is 35.9 Å². The van der Waals surface area contributed by atoms with Crippen molar-refractivity contribution in [1.29, 1.82) is 0 Å². The highest BCUT2D eigenvalue weighted by Gasteiger charge is 2.36. The van der Waals surface area contributed by atoms with E-state index in [1.807, 2.05) is 18.2 Å². The molecule has 0 bridgehead atoms. The van der Waals surface area contributed by atoms with Crippen molar-refractivity contribution in [3.63, 3.8) is 0 Å². The van der Waals surface area contributed by atoms with Crippen LogP contribution in [0.2, 0.25) is 0 Å². The summed E-state index contributed by atoms with van der Waals surface area (Å²) in [5, 5.41) is 6.12. The normalized spacial score (nSPS) is 13.9. The largest absolute Gasteiger partial charge is 0.490 e. The van der Waals surface area contributed by atoms with Crippen LogP contribution in [0.3, 0.4) is 0 Å². The molecule has 0 aliphatic carbocycles. The Morgan fingerprint density at radius 2 is 2.12 bits per heavy atom. The number of aromatic amines is 1. The number of rotatable bonds is 3. The molecule has 0 radical (unpaired) electrons. The SMILES string of the molecule is FC(F)(F)c1nc(NCc2ccc3c(c2)OCCN3)c2[nH]cnc2n1. The predicted octanol–water partition coefficient (Wildman–Crippen LogP) is 2.79. The van der Waals surface area contributed by atoms with Gasteiger partial charge in [-0.25, -0.2) is 15.0 Å². The second kappa shape index (κ2) is 5.80. The van der Waals surface area contributed by atoms with Gasteiger partial charge in [0.05, 0.1) is 12.0 Å². The van der Waals surface area contributed by atoms with Crippen molar-refractivity contribution in [3.8, 4) is 5.75 Å². The summed E-state index contributed by atoms with van der Waals surface area (Å²) in [6.07, 6.45) is -3.36. The van der Waals surface area contributed by atoms with Crippen molar-refractivity contribution in [1.82, 2.24) is 19.9 Å². The summed E-state index contributed by atoms with van der Waals surface area (Å²) in [4.78, 5) is 13.6. The lowest BCUT2D eigenvalue weighted by Gasteiger charge is -2.19. The molecule has 0 spiro atoms. The van der Waals surface area contributed by atoms with E-state index in [4.69, 9.17) is 4.74 Å². The maximum absolute atomic E-state index is 12.9. The van der Waals surface area contributed by atoms with Crippen LogP contribution in [0.1, 0.15) is 11.4 Å². The Morgan fingerprint density at radius 1 is 1.24 bits per heavy atom. The van der Waals surface area contributed by atoms with Gasteiger partial charge in [0.2, 0.25) is 5.82 Å². The fourth-order valence-electron chi connectivity index (χ4n) is 2.56. The van der Waals surface area contributed by atoms with Crippen molar-refractivity contribution in [2.45, 2.75) is 12.7 Å². The molecular weight excluding hydrogens is 337 g/mol. The van der Waals surface area contributed by atoms with Crippen LogP contribution >= 0.6 is 0 Å². The number of nitrogens with zero attached hydrogens (tertiary/aromatic N) is 3. The summed E-state index contributed by atoms with van der Waals surface area (Å²) in [5.41, 5.74) is 2.03. The highest BCUT2D eigenvalue weighted by Crippen LogP contribution is 2.30. The Kier molecular flexibility index (Phi) is 3.59. The number of halogens is 3. The van der Waals surface area contributed by atoms with Crippen LogP contribution in [-0.4, -0.2) is 33.1 Å². The summed E-state index contributed by atoms with van der Waals surface area (Å²) in [5.74, 6) is -0.463. The quantitative estimate of drug-likeness (QED) is 0.673. The molecule has 0 saturated heterocycles. The average Bonchev–Trinajstić information content (AvgIpc) is 3.07. The van der Waals surface area contributed by atoms with Crippen LogP contribution in [0, 0.1) is 0 Å². The van der Waals surface area contributed by atoms with Gasteiger partial charge in [0, 0.05) is 13.1 Å². The zero-order chi connectivity index (χ0) is 17.4. The summed E-state index contributed by atoms with van der Waals surface area (Å²) in [7, 11) is 0. The van der Waals surface area contributed by atoms with Gasteiger partial charge in [-0.2, -0.15) is 13.2 Å². The molecule has 4 rings (SSSR count). The van der Waals surface area contributed by atoms with Gasteiger partial charge in [-0.05, 0) is 17.7 Å². The molecule has 2 aromatic heterocycles. The van der Waals surface area contributed by atoms with E-state index in [1.54, 1.807) is 0 Å². The number of alkyl halides is 3. The molecule has 0 fully saturated rings. The summed E-state index contributed by atoms with van der Waals surface area (Å²) < 4.78 is 44.4. The van der Waals surface area contributed by atoms with E-state index in [9.17, 15) is 13.2 Å². The first-order chi connectivity index (χ1) is 12.0. The second-order valence-corrected chi connectivity index (χ2v) is 5.45.